The Labute approximate surface area is 213 Å². The lowest BCUT2D eigenvalue weighted by atomic mass is 9.99. The second-order valence-corrected chi connectivity index (χ2v) is 9.58. The fraction of sp³-hybridized carbons (Fsp3) is 0.323. The normalized spacial score (nSPS) is 13.6. The van der Waals surface area contributed by atoms with Crippen LogP contribution in [0.1, 0.15) is 66.2 Å². The van der Waals surface area contributed by atoms with Gasteiger partial charge in [-0.05, 0) is 74.2 Å². The van der Waals surface area contributed by atoms with Crippen LogP contribution in [0.15, 0.2) is 66.7 Å². The van der Waals surface area contributed by atoms with E-state index in [1.54, 1.807) is 6.07 Å². The zero-order valence-electron chi connectivity index (χ0n) is 21.3. The van der Waals surface area contributed by atoms with Crippen LogP contribution in [-0.2, 0) is 19.6 Å². The van der Waals surface area contributed by atoms with Crippen LogP contribution in [0.5, 0.6) is 17.2 Å². The van der Waals surface area contributed by atoms with E-state index in [-0.39, 0.29) is 19.0 Å². The number of fused-ring (bicyclic) bond motifs is 1. The molecule has 3 aromatic carbocycles. The van der Waals surface area contributed by atoms with E-state index in [0.29, 0.717) is 35.0 Å². The lowest BCUT2D eigenvalue weighted by Crippen LogP contribution is -2.27. The van der Waals surface area contributed by atoms with Crippen molar-refractivity contribution >= 4 is 11.9 Å². The topological polar surface area (TPSA) is 65.0 Å². The molecule has 0 fully saturated rings. The van der Waals surface area contributed by atoms with Crippen molar-refractivity contribution < 1.29 is 24.1 Å². The summed E-state index contributed by atoms with van der Waals surface area (Å²) in [4.78, 5) is 13.3. The first-order valence-corrected chi connectivity index (χ1v) is 12.5. The minimum absolute atomic E-state index is 0.184. The van der Waals surface area contributed by atoms with Gasteiger partial charge in [0.2, 0.25) is 5.78 Å². The molecule has 0 aromatic heterocycles. The number of carbonyl (C=O) groups excluding carboxylic acids is 1. The largest absolute Gasteiger partial charge is 0.488 e. The molecule has 5 heteroatoms. The first-order chi connectivity index (χ1) is 17.4. The number of benzene rings is 3. The van der Waals surface area contributed by atoms with Gasteiger partial charge < -0.3 is 19.3 Å². The van der Waals surface area contributed by atoms with E-state index in [0.717, 1.165) is 36.0 Å². The predicted octanol–water partition coefficient (Wildman–Crippen LogP) is 6.55. The van der Waals surface area contributed by atoms with E-state index in [4.69, 9.17) is 14.2 Å². The van der Waals surface area contributed by atoms with Crippen molar-refractivity contribution in [1.29, 1.82) is 0 Å². The third kappa shape index (κ3) is 6.16. The summed E-state index contributed by atoms with van der Waals surface area (Å²) in [6.45, 7) is 6.08. The molecule has 3 aromatic rings. The van der Waals surface area contributed by atoms with E-state index in [9.17, 15) is 9.90 Å². The minimum Gasteiger partial charge on any atom is -0.488 e. The summed E-state index contributed by atoms with van der Waals surface area (Å²) in [7, 11) is 0. The Hall–Kier alpha value is -3.57. The SMILES string of the molecule is CCCCc1ccc(C(=O)COc2c(CO)ccc3c2C=CC(C)(C)O3)c(OCc2ccccc2)c1. The van der Waals surface area contributed by atoms with Crippen molar-refractivity contribution in [2.24, 2.45) is 0 Å². The zero-order valence-corrected chi connectivity index (χ0v) is 21.3. The molecule has 0 saturated heterocycles. The Morgan fingerprint density at radius 2 is 1.81 bits per heavy atom. The molecule has 0 radical (unpaired) electrons. The second kappa shape index (κ2) is 11.4. The van der Waals surface area contributed by atoms with Crippen LogP contribution >= 0.6 is 0 Å². The third-order valence-electron chi connectivity index (χ3n) is 6.18. The van der Waals surface area contributed by atoms with E-state index < -0.39 is 5.60 Å². The number of Topliss-reactive ketones (excluding diaryl/α,β-unsaturated/α-hetero) is 1. The number of carbonyl (C=O) groups is 1. The molecule has 0 atom stereocenters. The van der Waals surface area contributed by atoms with Gasteiger partial charge in [0.15, 0.2) is 6.61 Å². The molecule has 0 amide bonds. The maximum absolute atomic E-state index is 13.3. The molecule has 1 aliphatic rings. The van der Waals surface area contributed by atoms with Crippen molar-refractivity contribution in [2.75, 3.05) is 6.61 Å². The summed E-state index contributed by atoms with van der Waals surface area (Å²) in [5.74, 6) is 1.49. The molecular formula is C31H34O5. The van der Waals surface area contributed by atoms with Crippen LogP contribution < -0.4 is 14.2 Å². The molecule has 1 N–H and O–H groups in total. The van der Waals surface area contributed by atoms with E-state index in [1.807, 2.05) is 80.6 Å². The standard InChI is InChI=1S/C31H34O5/c1-4-5-9-22-12-14-25(29(18-22)34-20-23-10-7-6-8-11-23)27(33)21-35-30-24(19-32)13-15-28-26(30)16-17-31(2,3)36-28/h6-8,10-18,32H,4-5,9,19-21H2,1-3H3. The van der Waals surface area contributed by atoms with Gasteiger partial charge in [-0.25, -0.2) is 0 Å². The number of unbranched alkanes of at least 4 members (excludes halogenated alkanes) is 1. The molecule has 1 heterocycles. The lowest BCUT2D eigenvalue weighted by Gasteiger charge is -2.29. The maximum atomic E-state index is 13.3. The van der Waals surface area contributed by atoms with Gasteiger partial charge in [0.05, 0.1) is 17.7 Å². The summed E-state index contributed by atoms with van der Waals surface area (Å²) in [5, 5.41) is 9.88. The molecule has 0 bridgehead atoms. The van der Waals surface area contributed by atoms with Crippen molar-refractivity contribution in [3.8, 4) is 17.2 Å². The first kappa shape index (κ1) is 25.5. The number of aliphatic hydroxyl groups excluding tert-OH is 1. The molecule has 0 aliphatic carbocycles. The van der Waals surface area contributed by atoms with Crippen LogP contribution in [0.4, 0.5) is 0 Å². The summed E-state index contributed by atoms with van der Waals surface area (Å²) in [5.41, 5.74) is 3.54. The van der Waals surface area contributed by atoms with Crippen molar-refractivity contribution in [3.63, 3.8) is 0 Å². The Balaban J connectivity index is 1.56. The highest BCUT2D eigenvalue weighted by Crippen LogP contribution is 2.39. The van der Waals surface area contributed by atoms with E-state index in [2.05, 4.69) is 6.92 Å². The summed E-state index contributed by atoms with van der Waals surface area (Å²) in [6.07, 6.45) is 6.97. The van der Waals surface area contributed by atoms with E-state index in [1.165, 1.54) is 0 Å². The van der Waals surface area contributed by atoms with Gasteiger partial charge in [0.1, 0.15) is 29.5 Å². The van der Waals surface area contributed by atoms with Crippen molar-refractivity contribution in [3.05, 3.63) is 94.6 Å². The van der Waals surface area contributed by atoms with Gasteiger partial charge in [-0.15, -0.1) is 0 Å². The number of hydrogen-bond donors (Lipinski definition) is 1. The van der Waals surface area contributed by atoms with Crippen LogP contribution in [0, 0.1) is 0 Å². The molecule has 4 rings (SSSR count). The predicted molar refractivity (Wildman–Crippen MR) is 142 cm³/mol. The smallest absolute Gasteiger partial charge is 0.203 e. The molecule has 0 saturated carbocycles. The molecule has 36 heavy (non-hydrogen) atoms. The first-order valence-electron chi connectivity index (χ1n) is 12.5. The molecule has 188 valence electrons. The molecule has 1 aliphatic heterocycles. The van der Waals surface area contributed by atoms with Gasteiger partial charge in [0, 0.05) is 5.56 Å². The van der Waals surface area contributed by atoms with Gasteiger partial charge in [-0.1, -0.05) is 49.7 Å². The number of aliphatic hydroxyl groups is 1. The van der Waals surface area contributed by atoms with Gasteiger partial charge in [-0.2, -0.15) is 0 Å². The Morgan fingerprint density at radius 1 is 1.00 bits per heavy atom. The molecular weight excluding hydrogens is 452 g/mol. The van der Waals surface area contributed by atoms with Gasteiger partial charge in [0.25, 0.3) is 0 Å². The zero-order chi connectivity index (χ0) is 25.5. The Kier molecular flexibility index (Phi) is 8.11. The van der Waals surface area contributed by atoms with Crippen molar-refractivity contribution in [1.82, 2.24) is 0 Å². The number of ether oxygens (including phenoxy) is 3. The number of hydrogen-bond acceptors (Lipinski definition) is 5. The van der Waals surface area contributed by atoms with Crippen LogP contribution in [-0.4, -0.2) is 23.1 Å². The quantitative estimate of drug-likeness (QED) is 0.312. The van der Waals surface area contributed by atoms with Crippen molar-refractivity contribution in [2.45, 2.75) is 58.8 Å². The fourth-order valence-corrected chi connectivity index (χ4v) is 4.17. The highest BCUT2D eigenvalue weighted by Gasteiger charge is 2.26. The Bertz CT molecular complexity index is 1230. The summed E-state index contributed by atoms with van der Waals surface area (Å²) < 4.78 is 18.2. The van der Waals surface area contributed by atoms with Crippen LogP contribution in [0.2, 0.25) is 0 Å². The van der Waals surface area contributed by atoms with Crippen LogP contribution in [0.3, 0.4) is 0 Å². The Morgan fingerprint density at radius 3 is 2.56 bits per heavy atom. The van der Waals surface area contributed by atoms with Gasteiger partial charge >= 0.3 is 0 Å². The molecule has 5 nitrogen and oxygen atoms in total. The monoisotopic (exact) mass is 486 g/mol. The third-order valence-corrected chi connectivity index (χ3v) is 6.18. The van der Waals surface area contributed by atoms with Gasteiger partial charge in [-0.3, -0.25) is 4.79 Å². The van der Waals surface area contributed by atoms with Crippen LogP contribution in [0.25, 0.3) is 6.08 Å². The number of aryl methyl sites for hydroxylation is 1. The molecule has 0 spiro atoms. The highest BCUT2D eigenvalue weighted by molar-refractivity contribution is 6.00. The summed E-state index contributed by atoms with van der Waals surface area (Å²) >= 11 is 0. The minimum atomic E-state index is -0.439. The number of rotatable bonds is 11. The number of ketones is 1. The average Bonchev–Trinajstić information content (AvgIpc) is 2.89. The maximum Gasteiger partial charge on any atom is 0.203 e. The highest BCUT2D eigenvalue weighted by atomic mass is 16.5. The van der Waals surface area contributed by atoms with E-state index >= 15 is 0 Å². The lowest BCUT2D eigenvalue weighted by molar-refractivity contribution is 0.0913. The average molecular weight is 487 g/mol. The second-order valence-electron chi connectivity index (χ2n) is 9.58. The summed E-state index contributed by atoms with van der Waals surface area (Å²) in [6, 6.07) is 19.3. The fourth-order valence-electron chi connectivity index (χ4n) is 4.17. The molecule has 0 unspecified atom stereocenters.